The topological polar surface area (TPSA) is 69.7 Å². The van der Waals surface area contributed by atoms with E-state index >= 15 is 0 Å². The van der Waals surface area contributed by atoms with Gasteiger partial charge in [-0.2, -0.15) is 0 Å². The molecule has 1 atom stereocenters. The molecular weight excluding hydrogens is 445 g/mol. The zero-order valence-electron chi connectivity index (χ0n) is 17.4. The highest BCUT2D eigenvalue weighted by Crippen LogP contribution is 2.45. The molecule has 2 aliphatic rings. The molecule has 0 bridgehead atoms. The van der Waals surface area contributed by atoms with E-state index in [1.807, 2.05) is 30.3 Å². The Bertz CT molecular complexity index is 1280. The van der Waals surface area contributed by atoms with E-state index in [-0.39, 0.29) is 41.9 Å². The highest BCUT2D eigenvalue weighted by Gasteiger charge is 2.60. The Hall–Kier alpha value is -3.71. The lowest BCUT2D eigenvalue weighted by Crippen LogP contribution is -2.69. The molecule has 3 amide bonds. The van der Waals surface area contributed by atoms with Crippen LogP contribution in [0.5, 0.6) is 0 Å². The van der Waals surface area contributed by atoms with Crippen molar-refractivity contribution in [3.8, 4) is 0 Å². The fourth-order valence-electron chi connectivity index (χ4n) is 4.59. The highest BCUT2D eigenvalue weighted by molar-refractivity contribution is 6.31. The predicted molar refractivity (Wildman–Crippen MR) is 122 cm³/mol. The van der Waals surface area contributed by atoms with E-state index in [4.69, 9.17) is 11.6 Å². The first kappa shape index (κ1) is 21.2. The largest absolute Gasteiger partial charge is 0.320 e. The molecule has 8 heteroatoms. The van der Waals surface area contributed by atoms with E-state index in [0.29, 0.717) is 11.3 Å². The molecule has 0 spiro atoms. The van der Waals surface area contributed by atoms with E-state index in [0.717, 1.165) is 11.6 Å². The first-order valence-corrected chi connectivity index (χ1v) is 10.8. The van der Waals surface area contributed by atoms with Gasteiger partial charge in [-0.3, -0.25) is 19.3 Å². The molecule has 1 saturated heterocycles. The van der Waals surface area contributed by atoms with Crippen LogP contribution < -0.4 is 10.2 Å². The molecule has 1 fully saturated rings. The number of hydrogen-bond donors (Lipinski definition) is 1. The molecular formula is C25H19ClFN3O3. The van der Waals surface area contributed by atoms with E-state index in [9.17, 15) is 18.8 Å². The minimum atomic E-state index is -1.65. The van der Waals surface area contributed by atoms with Crippen molar-refractivity contribution in [3.05, 3.63) is 94.8 Å². The Morgan fingerprint density at radius 3 is 2.55 bits per heavy atom. The van der Waals surface area contributed by atoms with Gasteiger partial charge in [0.2, 0.25) is 11.6 Å². The number of anilines is 2. The highest BCUT2D eigenvalue weighted by atomic mass is 35.5. The number of nitrogens with zero attached hydrogens (tertiary/aromatic N) is 2. The molecule has 0 unspecified atom stereocenters. The Balaban J connectivity index is 1.66. The average Bonchev–Trinajstić information content (AvgIpc) is 3.18. The minimum absolute atomic E-state index is 0.0678. The maximum Gasteiger partial charge on any atom is 0.271 e. The molecule has 5 rings (SSSR count). The quantitative estimate of drug-likeness (QED) is 0.615. The van der Waals surface area contributed by atoms with Gasteiger partial charge in [0, 0.05) is 24.4 Å². The number of carbonyl (C=O) groups excluding carboxylic acids is 3. The smallest absolute Gasteiger partial charge is 0.271 e. The Kier molecular flexibility index (Phi) is 5.13. The molecule has 3 aromatic carbocycles. The summed E-state index contributed by atoms with van der Waals surface area (Å²) in [6, 6.07) is 19.8. The number of benzene rings is 3. The van der Waals surface area contributed by atoms with Crippen LogP contribution in [0.4, 0.5) is 15.8 Å². The second-order valence-corrected chi connectivity index (χ2v) is 8.45. The van der Waals surface area contributed by atoms with Crippen LogP contribution in [0.3, 0.4) is 0 Å². The molecule has 2 heterocycles. The SMILES string of the molecule is O=C1c2ccccc2N2C(=O)CC[C@]2(C(=O)Nc2cc(Cl)ccc2F)N1Cc1ccccc1. The molecule has 0 saturated carbocycles. The summed E-state index contributed by atoms with van der Waals surface area (Å²) in [7, 11) is 0. The van der Waals surface area contributed by atoms with Crippen LogP contribution in [0.25, 0.3) is 0 Å². The first-order valence-electron chi connectivity index (χ1n) is 10.5. The number of hydrogen-bond acceptors (Lipinski definition) is 3. The number of halogens is 2. The van der Waals surface area contributed by atoms with Crippen LogP contribution in [-0.2, 0) is 16.1 Å². The Morgan fingerprint density at radius 2 is 1.76 bits per heavy atom. The summed E-state index contributed by atoms with van der Waals surface area (Å²) in [5.74, 6) is -2.00. The summed E-state index contributed by atoms with van der Waals surface area (Å²) in [6.07, 6.45) is 0.144. The summed E-state index contributed by atoms with van der Waals surface area (Å²) < 4.78 is 14.4. The van der Waals surface area contributed by atoms with Crippen molar-refractivity contribution in [3.63, 3.8) is 0 Å². The Morgan fingerprint density at radius 1 is 1.03 bits per heavy atom. The van der Waals surface area contributed by atoms with E-state index in [1.54, 1.807) is 24.3 Å². The molecule has 0 aromatic heterocycles. The van der Waals surface area contributed by atoms with Crippen molar-refractivity contribution < 1.29 is 18.8 Å². The monoisotopic (exact) mass is 463 g/mol. The third kappa shape index (κ3) is 3.36. The van der Waals surface area contributed by atoms with Gasteiger partial charge in [-0.25, -0.2) is 4.39 Å². The summed E-state index contributed by atoms with van der Waals surface area (Å²) in [4.78, 5) is 43.4. The summed E-state index contributed by atoms with van der Waals surface area (Å²) in [6.45, 7) is 0.100. The fourth-order valence-corrected chi connectivity index (χ4v) is 4.76. The summed E-state index contributed by atoms with van der Waals surface area (Å²) in [5, 5.41) is 2.83. The standard InChI is InChI=1S/C25H19ClFN3O3/c26-17-10-11-19(27)20(14-17)28-24(33)25-13-12-22(31)30(25)21-9-5-4-8-18(21)23(32)29(25)15-16-6-2-1-3-7-16/h1-11,14H,12-13,15H2,(H,28,33)/t25-/m0/s1. The zero-order valence-corrected chi connectivity index (χ0v) is 18.2. The summed E-state index contributed by atoms with van der Waals surface area (Å²) >= 11 is 6.00. The maximum absolute atomic E-state index is 14.4. The van der Waals surface area contributed by atoms with Crippen LogP contribution >= 0.6 is 11.6 Å². The number of rotatable bonds is 4. The van der Waals surface area contributed by atoms with Crippen molar-refractivity contribution in [1.82, 2.24) is 4.90 Å². The van der Waals surface area contributed by atoms with Gasteiger partial charge in [0.15, 0.2) is 0 Å². The van der Waals surface area contributed by atoms with E-state index < -0.39 is 17.4 Å². The second-order valence-electron chi connectivity index (χ2n) is 8.02. The fraction of sp³-hybridized carbons (Fsp3) is 0.160. The van der Waals surface area contributed by atoms with Gasteiger partial charge < -0.3 is 10.2 Å². The van der Waals surface area contributed by atoms with Crippen molar-refractivity contribution in [2.45, 2.75) is 25.0 Å². The molecule has 33 heavy (non-hydrogen) atoms. The van der Waals surface area contributed by atoms with Gasteiger partial charge in [0.25, 0.3) is 11.8 Å². The van der Waals surface area contributed by atoms with Gasteiger partial charge in [0.05, 0.1) is 16.9 Å². The molecule has 0 radical (unpaired) electrons. The Labute approximate surface area is 194 Å². The third-order valence-corrected chi connectivity index (χ3v) is 6.33. The van der Waals surface area contributed by atoms with Crippen molar-refractivity contribution >= 4 is 40.7 Å². The van der Waals surface area contributed by atoms with Crippen molar-refractivity contribution in [2.75, 3.05) is 10.2 Å². The van der Waals surface area contributed by atoms with E-state index in [1.165, 1.54) is 21.9 Å². The lowest BCUT2D eigenvalue weighted by molar-refractivity contribution is -0.129. The lowest BCUT2D eigenvalue weighted by Gasteiger charge is -2.49. The lowest BCUT2D eigenvalue weighted by atomic mass is 9.94. The molecule has 166 valence electrons. The van der Waals surface area contributed by atoms with Crippen LogP contribution in [0.1, 0.15) is 28.8 Å². The summed E-state index contributed by atoms with van der Waals surface area (Å²) in [5.41, 5.74) is -0.262. The van der Waals surface area contributed by atoms with Gasteiger partial charge >= 0.3 is 0 Å². The van der Waals surface area contributed by atoms with Gasteiger partial charge in [0.1, 0.15) is 5.82 Å². The number of para-hydroxylation sites is 1. The molecule has 6 nitrogen and oxygen atoms in total. The minimum Gasteiger partial charge on any atom is -0.320 e. The van der Waals surface area contributed by atoms with Gasteiger partial charge in [-0.15, -0.1) is 0 Å². The number of nitrogens with one attached hydrogen (secondary N) is 1. The number of fused-ring (bicyclic) bond motifs is 3. The predicted octanol–water partition coefficient (Wildman–Crippen LogP) is 4.60. The molecule has 2 aliphatic heterocycles. The second kappa shape index (κ2) is 8.01. The normalized spacial score (nSPS) is 19.3. The van der Waals surface area contributed by atoms with Gasteiger partial charge in [-0.05, 0) is 35.9 Å². The van der Waals surface area contributed by atoms with Crippen LogP contribution in [-0.4, -0.2) is 28.3 Å². The molecule has 3 aromatic rings. The molecule has 1 N–H and O–H groups in total. The van der Waals surface area contributed by atoms with E-state index in [2.05, 4.69) is 5.32 Å². The number of carbonyl (C=O) groups is 3. The maximum atomic E-state index is 14.4. The number of amides is 3. The van der Waals surface area contributed by atoms with Crippen molar-refractivity contribution in [2.24, 2.45) is 0 Å². The van der Waals surface area contributed by atoms with Gasteiger partial charge in [-0.1, -0.05) is 54.1 Å². The third-order valence-electron chi connectivity index (χ3n) is 6.10. The zero-order chi connectivity index (χ0) is 23.2. The van der Waals surface area contributed by atoms with Crippen LogP contribution in [0.15, 0.2) is 72.8 Å². The first-order chi connectivity index (χ1) is 15.9. The average molecular weight is 464 g/mol. The van der Waals surface area contributed by atoms with Crippen LogP contribution in [0.2, 0.25) is 5.02 Å². The molecule has 0 aliphatic carbocycles. The van der Waals surface area contributed by atoms with Crippen LogP contribution in [0, 0.1) is 5.82 Å². The van der Waals surface area contributed by atoms with Crippen molar-refractivity contribution in [1.29, 1.82) is 0 Å².